The van der Waals surface area contributed by atoms with Crippen LogP contribution in [0.15, 0.2) is 29.3 Å². The van der Waals surface area contributed by atoms with Gasteiger partial charge in [0.25, 0.3) is 5.96 Å². The molecule has 0 bridgehead atoms. The molecular weight excluding hydrogens is 306 g/mol. The molecule has 9 heteroatoms. The molecule has 0 aromatic heterocycles. The molecule has 96 valence electrons. The quantitative estimate of drug-likeness (QED) is 0.249. The summed E-state index contributed by atoms with van der Waals surface area (Å²) < 4.78 is 0. The second-order valence-corrected chi connectivity index (χ2v) is 3.66. The Hall–Kier alpha value is -2.16. The van der Waals surface area contributed by atoms with E-state index in [1.54, 1.807) is 29.7 Å². The fourth-order valence-electron chi connectivity index (χ4n) is 1.07. The summed E-state index contributed by atoms with van der Waals surface area (Å²) in [6.45, 7) is 0. The zero-order chi connectivity index (χ0) is 13.5. The van der Waals surface area contributed by atoms with Crippen molar-refractivity contribution in [2.45, 2.75) is 0 Å². The van der Waals surface area contributed by atoms with Crippen LogP contribution in [0.25, 0.3) is 0 Å². The van der Waals surface area contributed by atoms with Crippen molar-refractivity contribution < 1.29 is 9.83 Å². The minimum atomic E-state index is -0.802. The predicted molar refractivity (Wildman–Crippen MR) is 70.3 cm³/mol. The lowest BCUT2D eigenvalue weighted by atomic mass is 10.3. The second-order valence-electron chi connectivity index (χ2n) is 3.09. The van der Waals surface area contributed by atoms with Crippen molar-refractivity contribution in [1.82, 2.24) is 5.43 Å². The van der Waals surface area contributed by atoms with E-state index in [1.807, 2.05) is 0 Å². The SMILES string of the molecule is NC(=Nc1ccc(NC(=O)CBr)cc1)N[N+](=O)[O-]. The molecule has 0 aliphatic rings. The number of nitrogens with one attached hydrogen (secondary N) is 2. The molecule has 1 rings (SSSR count). The van der Waals surface area contributed by atoms with Gasteiger partial charge in [-0.15, -0.1) is 0 Å². The highest BCUT2D eigenvalue weighted by Crippen LogP contribution is 2.16. The van der Waals surface area contributed by atoms with Gasteiger partial charge in [0.1, 0.15) is 0 Å². The molecule has 0 unspecified atom stereocenters. The van der Waals surface area contributed by atoms with Crippen molar-refractivity contribution in [1.29, 1.82) is 0 Å². The number of hydrogen-bond donors (Lipinski definition) is 3. The van der Waals surface area contributed by atoms with Crippen LogP contribution in [0.3, 0.4) is 0 Å². The minimum Gasteiger partial charge on any atom is -0.365 e. The number of aliphatic imine (C=N–C) groups is 1. The Morgan fingerprint density at radius 2 is 2.06 bits per heavy atom. The van der Waals surface area contributed by atoms with E-state index in [0.717, 1.165) is 0 Å². The fourth-order valence-corrected chi connectivity index (χ4v) is 1.21. The number of nitrogens with zero attached hydrogens (tertiary/aromatic N) is 2. The largest absolute Gasteiger partial charge is 0.365 e. The third-order valence-corrected chi connectivity index (χ3v) is 2.24. The van der Waals surface area contributed by atoms with Gasteiger partial charge in [0.2, 0.25) is 5.91 Å². The van der Waals surface area contributed by atoms with Crippen LogP contribution in [-0.4, -0.2) is 22.2 Å². The van der Waals surface area contributed by atoms with Crippen LogP contribution in [0.5, 0.6) is 0 Å². The highest BCUT2D eigenvalue weighted by molar-refractivity contribution is 9.09. The number of alkyl halides is 1. The standard InChI is InChI=1S/C9H10BrN5O3/c10-5-8(16)12-6-1-3-7(4-2-6)13-9(11)14-15(17)18/h1-4H,5H2,(H,12,16)(H3,11,13,14). The number of carbonyl (C=O) groups excluding carboxylic acids is 1. The average molecular weight is 316 g/mol. The third-order valence-electron chi connectivity index (χ3n) is 1.73. The van der Waals surface area contributed by atoms with E-state index in [9.17, 15) is 14.9 Å². The maximum Gasteiger partial charge on any atom is 0.256 e. The lowest BCUT2D eigenvalue weighted by molar-refractivity contribution is -0.525. The van der Waals surface area contributed by atoms with Gasteiger partial charge in [-0.25, -0.2) is 15.1 Å². The summed E-state index contributed by atoms with van der Waals surface area (Å²) in [4.78, 5) is 24.9. The number of rotatable bonds is 4. The zero-order valence-corrected chi connectivity index (χ0v) is 10.7. The molecule has 0 saturated carbocycles. The lowest BCUT2D eigenvalue weighted by Gasteiger charge is -2.03. The Morgan fingerprint density at radius 1 is 1.44 bits per heavy atom. The van der Waals surface area contributed by atoms with Crippen molar-refractivity contribution >= 4 is 39.2 Å². The monoisotopic (exact) mass is 315 g/mol. The van der Waals surface area contributed by atoms with Gasteiger partial charge in [0, 0.05) is 5.69 Å². The number of nitro groups is 1. The summed E-state index contributed by atoms with van der Waals surface area (Å²) in [5.41, 5.74) is 8.02. The van der Waals surface area contributed by atoms with Crippen molar-refractivity contribution in [2.24, 2.45) is 10.7 Å². The van der Waals surface area contributed by atoms with Gasteiger partial charge in [0.15, 0.2) is 5.03 Å². The van der Waals surface area contributed by atoms with Crippen LogP contribution >= 0.6 is 15.9 Å². The summed E-state index contributed by atoms with van der Waals surface area (Å²) >= 11 is 3.02. The molecule has 0 saturated heterocycles. The van der Waals surface area contributed by atoms with E-state index in [0.29, 0.717) is 11.4 Å². The highest BCUT2D eigenvalue weighted by atomic mass is 79.9. The van der Waals surface area contributed by atoms with Gasteiger partial charge in [0.05, 0.1) is 11.0 Å². The molecule has 0 aliphatic heterocycles. The molecule has 18 heavy (non-hydrogen) atoms. The van der Waals surface area contributed by atoms with Crippen LogP contribution in [0.1, 0.15) is 0 Å². The summed E-state index contributed by atoms with van der Waals surface area (Å²) in [7, 11) is 0. The number of guanidine groups is 1. The molecule has 1 aromatic carbocycles. The molecule has 0 aliphatic carbocycles. The maximum absolute atomic E-state index is 11.1. The lowest BCUT2D eigenvalue weighted by Crippen LogP contribution is -2.35. The fraction of sp³-hybridized carbons (Fsp3) is 0.111. The second kappa shape index (κ2) is 6.55. The molecule has 0 heterocycles. The summed E-state index contributed by atoms with van der Waals surface area (Å²) in [6, 6.07) is 6.36. The van der Waals surface area contributed by atoms with E-state index in [-0.39, 0.29) is 17.2 Å². The number of hydrazine groups is 1. The number of anilines is 1. The summed E-state index contributed by atoms with van der Waals surface area (Å²) in [5, 5.41) is 12.1. The summed E-state index contributed by atoms with van der Waals surface area (Å²) in [5.74, 6) is -0.502. The molecule has 8 nitrogen and oxygen atoms in total. The van der Waals surface area contributed by atoms with E-state index in [2.05, 4.69) is 26.2 Å². The van der Waals surface area contributed by atoms with Crippen molar-refractivity contribution in [2.75, 3.05) is 10.6 Å². The van der Waals surface area contributed by atoms with Crippen LogP contribution < -0.4 is 16.5 Å². The van der Waals surface area contributed by atoms with Gasteiger partial charge >= 0.3 is 0 Å². The number of carbonyl (C=O) groups is 1. The topological polar surface area (TPSA) is 123 Å². The molecule has 0 radical (unpaired) electrons. The molecular formula is C9H10BrN5O3. The first-order chi connectivity index (χ1) is 8.51. The average Bonchev–Trinajstić information content (AvgIpc) is 2.30. The third kappa shape index (κ3) is 4.78. The van der Waals surface area contributed by atoms with Gasteiger partial charge in [-0.1, -0.05) is 21.4 Å². The Bertz CT molecular complexity index is 474. The Morgan fingerprint density at radius 3 is 2.56 bits per heavy atom. The molecule has 0 fully saturated rings. The van der Waals surface area contributed by atoms with Crippen LogP contribution in [0, 0.1) is 10.1 Å². The molecule has 0 atom stereocenters. The summed E-state index contributed by atoms with van der Waals surface area (Å²) in [6.07, 6.45) is 0. The number of nitrogens with two attached hydrogens (primary N) is 1. The van der Waals surface area contributed by atoms with Crippen molar-refractivity contribution in [3.8, 4) is 0 Å². The van der Waals surface area contributed by atoms with Crippen molar-refractivity contribution in [3.05, 3.63) is 34.4 Å². The first-order valence-electron chi connectivity index (χ1n) is 4.72. The molecule has 1 aromatic rings. The van der Waals surface area contributed by atoms with E-state index in [1.165, 1.54) is 0 Å². The molecule has 1 amide bonds. The van der Waals surface area contributed by atoms with Gasteiger partial charge < -0.3 is 11.1 Å². The van der Waals surface area contributed by atoms with Crippen molar-refractivity contribution in [3.63, 3.8) is 0 Å². The number of benzene rings is 1. The number of halogens is 1. The van der Waals surface area contributed by atoms with Gasteiger partial charge in [-0.2, -0.15) is 0 Å². The Balaban J connectivity index is 2.71. The van der Waals surface area contributed by atoms with E-state index in [4.69, 9.17) is 5.73 Å². The zero-order valence-electron chi connectivity index (χ0n) is 9.09. The van der Waals surface area contributed by atoms with Crippen LogP contribution in [0.4, 0.5) is 11.4 Å². The van der Waals surface area contributed by atoms with Crippen LogP contribution in [-0.2, 0) is 4.79 Å². The first kappa shape index (κ1) is 13.9. The van der Waals surface area contributed by atoms with Gasteiger partial charge in [-0.05, 0) is 24.3 Å². The Kier molecular flexibility index (Phi) is 5.06. The maximum atomic E-state index is 11.1. The highest BCUT2D eigenvalue weighted by Gasteiger charge is 2.01. The number of hydrogen-bond acceptors (Lipinski definition) is 4. The minimum absolute atomic E-state index is 0.180. The van der Waals surface area contributed by atoms with E-state index >= 15 is 0 Å². The normalized spacial score (nSPS) is 10.8. The van der Waals surface area contributed by atoms with Crippen LogP contribution in [0.2, 0.25) is 0 Å². The molecule has 0 spiro atoms. The Labute approximate surface area is 111 Å². The smallest absolute Gasteiger partial charge is 0.256 e. The molecule has 4 N–H and O–H groups in total. The van der Waals surface area contributed by atoms with E-state index < -0.39 is 5.03 Å². The predicted octanol–water partition coefficient (Wildman–Crippen LogP) is 0.748. The number of amides is 1. The first-order valence-corrected chi connectivity index (χ1v) is 5.84. The van der Waals surface area contributed by atoms with Gasteiger partial charge in [-0.3, -0.25) is 4.79 Å².